The van der Waals surface area contributed by atoms with Crippen LogP contribution in [0.1, 0.15) is 38.7 Å². The first kappa shape index (κ1) is 15.8. The van der Waals surface area contributed by atoms with Crippen molar-refractivity contribution in [3.8, 4) is 0 Å². The summed E-state index contributed by atoms with van der Waals surface area (Å²) in [5, 5.41) is 0. The van der Waals surface area contributed by atoms with Gasteiger partial charge in [-0.15, -0.1) is 11.6 Å². The lowest BCUT2D eigenvalue weighted by Crippen LogP contribution is -2.42. The van der Waals surface area contributed by atoms with Crippen molar-refractivity contribution in [2.45, 2.75) is 50.0 Å². The van der Waals surface area contributed by atoms with Crippen molar-refractivity contribution in [3.63, 3.8) is 0 Å². The van der Waals surface area contributed by atoms with Crippen LogP contribution in [0.25, 0.3) is 0 Å². The lowest BCUT2D eigenvalue weighted by Gasteiger charge is -2.30. The first-order valence-corrected chi connectivity index (χ1v) is 9.03. The molecular formula is C15H22ClNO2S. The topological polar surface area (TPSA) is 37.4 Å². The second kappa shape index (κ2) is 6.04. The fourth-order valence-corrected chi connectivity index (χ4v) is 4.73. The average Bonchev–Trinajstić information content (AvgIpc) is 2.77. The zero-order chi connectivity index (χ0) is 14.8. The van der Waals surface area contributed by atoms with E-state index < -0.39 is 10.0 Å². The highest BCUT2D eigenvalue weighted by atomic mass is 35.5. The predicted molar refractivity (Wildman–Crippen MR) is 82.7 cm³/mol. The van der Waals surface area contributed by atoms with Gasteiger partial charge in [-0.3, -0.25) is 0 Å². The number of sulfonamides is 1. The van der Waals surface area contributed by atoms with Crippen LogP contribution in [0.2, 0.25) is 0 Å². The van der Waals surface area contributed by atoms with Gasteiger partial charge in [0, 0.05) is 18.0 Å². The Labute approximate surface area is 127 Å². The molecule has 20 heavy (non-hydrogen) atoms. The Kier molecular flexibility index (Phi) is 4.77. The molecule has 1 aliphatic rings. The van der Waals surface area contributed by atoms with Crippen LogP contribution in [0.4, 0.5) is 0 Å². The number of hydrogen-bond acceptors (Lipinski definition) is 2. The van der Waals surface area contributed by atoms with Gasteiger partial charge in [-0.05, 0) is 57.2 Å². The molecule has 0 unspecified atom stereocenters. The van der Waals surface area contributed by atoms with Gasteiger partial charge in [-0.2, -0.15) is 4.31 Å². The quantitative estimate of drug-likeness (QED) is 0.781. The van der Waals surface area contributed by atoms with Gasteiger partial charge in [0.2, 0.25) is 10.0 Å². The molecule has 1 heterocycles. The molecule has 0 spiro atoms. The summed E-state index contributed by atoms with van der Waals surface area (Å²) in [7, 11) is -3.38. The van der Waals surface area contributed by atoms with Crippen LogP contribution in [-0.4, -0.2) is 30.7 Å². The fourth-order valence-electron chi connectivity index (χ4n) is 2.75. The Balaban J connectivity index is 2.22. The molecule has 0 aliphatic carbocycles. The summed E-state index contributed by atoms with van der Waals surface area (Å²) >= 11 is 5.67. The van der Waals surface area contributed by atoms with E-state index in [1.165, 1.54) is 0 Å². The maximum Gasteiger partial charge on any atom is 0.243 e. The summed E-state index contributed by atoms with van der Waals surface area (Å²) in [5.74, 6) is 0.627. The number of hydrogen-bond donors (Lipinski definition) is 0. The molecule has 1 saturated heterocycles. The maximum absolute atomic E-state index is 12.7. The second-order valence-corrected chi connectivity index (χ2v) is 8.17. The van der Waals surface area contributed by atoms with Gasteiger partial charge < -0.3 is 0 Å². The van der Waals surface area contributed by atoms with Crippen LogP contribution in [0.15, 0.2) is 29.2 Å². The van der Waals surface area contributed by atoms with Crippen molar-refractivity contribution in [2.24, 2.45) is 0 Å². The zero-order valence-electron chi connectivity index (χ0n) is 12.1. The molecule has 0 radical (unpaired) electrons. The van der Waals surface area contributed by atoms with Crippen LogP contribution in [-0.2, 0) is 16.4 Å². The minimum absolute atomic E-state index is 0.282. The number of alkyl halides is 1. The Hall–Kier alpha value is -0.580. The molecule has 0 aromatic heterocycles. The van der Waals surface area contributed by atoms with Crippen molar-refractivity contribution in [2.75, 3.05) is 12.4 Å². The van der Waals surface area contributed by atoms with E-state index in [4.69, 9.17) is 11.6 Å². The first-order chi connectivity index (χ1) is 9.38. The van der Waals surface area contributed by atoms with Gasteiger partial charge in [0.15, 0.2) is 0 Å². The molecule has 0 N–H and O–H groups in total. The third-order valence-corrected chi connectivity index (χ3v) is 6.33. The summed E-state index contributed by atoms with van der Waals surface area (Å²) in [5.41, 5.74) is 0.848. The molecule has 1 fully saturated rings. The van der Waals surface area contributed by atoms with Crippen molar-refractivity contribution in [1.82, 2.24) is 4.31 Å². The van der Waals surface area contributed by atoms with E-state index in [0.29, 0.717) is 17.3 Å². The summed E-state index contributed by atoms with van der Waals surface area (Å²) in [6.45, 7) is 4.60. The minimum Gasteiger partial charge on any atom is -0.207 e. The van der Waals surface area contributed by atoms with E-state index in [2.05, 4.69) is 0 Å². The molecule has 2 rings (SSSR count). The molecule has 5 heteroatoms. The van der Waals surface area contributed by atoms with E-state index in [-0.39, 0.29) is 5.54 Å². The third kappa shape index (κ3) is 3.18. The number of rotatable bonds is 5. The molecule has 1 aromatic carbocycles. The zero-order valence-corrected chi connectivity index (χ0v) is 13.7. The van der Waals surface area contributed by atoms with Gasteiger partial charge in [0.1, 0.15) is 0 Å². The molecule has 0 amide bonds. The third-order valence-electron chi connectivity index (χ3n) is 3.94. The lowest BCUT2D eigenvalue weighted by molar-refractivity contribution is 0.291. The first-order valence-electron chi connectivity index (χ1n) is 7.06. The Morgan fingerprint density at radius 3 is 2.40 bits per heavy atom. The van der Waals surface area contributed by atoms with Crippen LogP contribution in [0.5, 0.6) is 0 Å². The van der Waals surface area contributed by atoms with Crippen LogP contribution in [0, 0.1) is 0 Å². The molecule has 1 aliphatic heterocycles. The van der Waals surface area contributed by atoms with Gasteiger partial charge in [-0.1, -0.05) is 12.1 Å². The van der Waals surface area contributed by atoms with E-state index >= 15 is 0 Å². The molecule has 0 bridgehead atoms. The van der Waals surface area contributed by atoms with Gasteiger partial charge >= 0.3 is 0 Å². The summed E-state index contributed by atoms with van der Waals surface area (Å²) in [4.78, 5) is 0.391. The Bertz CT molecular complexity index is 552. The van der Waals surface area contributed by atoms with E-state index in [0.717, 1.165) is 31.2 Å². The standard InChI is InChI=1S/C15H22ClNO2S/c1-15(2)10-4-12-17(15)20(18,19)14-8-6-13(7-9-14)5-3-11-16/h6-9H,3-5,10-12H2,1-2H3. The van der Waals surface area contributed by atoms with E-state index in [1.54, 1.807) is 16.4 Å². The average molecular weight is 316 g/mol. The number of benzene rings is 1. The van der Waals surface area contributed by atoms with Gasteiger partial charge in [0.05, 0.1) is 4.90 Å². The molecule has 1 aromatic rings. The van der Waals surface area contributed by atoms with Crippen molar-refractivity contribution in [3.05, 3.63) is 29.8 Å². The van der Waals surface area contributed by atoms with Crippen molar-refractivity contribution < 1.29 is 8.42 Å². The highest BCUT2D eigenvalue weighted by Crippen LogP contribution is 2.33. The number of nitrogens with zero attached hydrogens (tertiary/aromatic N) is 1. The number of aryl methyl sites for hydroxylation is 1. The van der Waals surface area contributed by atoms with Crippen LogP contribution < -0.4 is 0 Å². The van der Waals surface area contributed by atoms with Crippen molar-refractivity contribution in [1.29, 1.82) is 0 Å². The van der Waals surface area contributed by atoms with E-state index in [9.17, 15) is 8.42 Å². The Morgan fingerprint density at radius 2 is 1.90 bits per heavy atom. The number of halogens is 1. The van der Waals surface area contributed by atoms with Crippen LogP contribution >= 0.6 is 11.6 Å². The smallest absolute Gasteiger partial charge is 0.207 e. The highest BCUT2D eigenvalue weighted by molar-refractivity contribution is 7.89. The van der Waals surface area contributed by atoms with Crippen LogP contribution in [0.3, 0.4) is 0 Å². The maximum atomic E-state index is 12.7. The molecule has 0 saturated carbocycles. The van der Waals surface area contributed by atoms with Gasteiger partial charge in [0.25, 0.3) is 0 Å². The van der Waals surface area contributed by atoms with E-state index in [1.807, 2.05) is 26.0 Å². The monoisotopic (exact) mass is 315 g/mol. The summed E-state index contributed by atoms with van der Waals surface area (Å²) < 4.78 is 27.0. The highest BCUT2D eigenvalue weighted by Gasteiger charge is 2.40. The minimum atomic E-state index is -3.38. The fraction of sp³-hybridized carbons (Fsp3) is 0.600. The largest absolute Gasteiger partial charge is 0.243 e. The molecular weight excluding hydrogens is 294 g/mol. The summed E-state index contributed by atoms with van der Waals surface area (Å²) in [6, 6.07) is 7.21. The molecule has 3 nitrogen and oxygen atoms in total. The SMILES string of the molecule is CC1(C)CCCN1S(=O)(=O)c1ccc(CCCCl)cc1. The van der Waals surface area contributed by atoms with Gasteiger partial charge in [-0.25, -0.2) is 8.42 Å². The second-order valence-electron chi connectivity index (χ2n) is 5.93. The predicted octanol–water partition coefficient (Wildman–Crippen LogP) is 3.42. The lowest BCUT2D eigenvalue weighted by atomic mass is 10.0. The summed E-state index contributed by atoms with van der Waals surface area (Å²) in [6.07, 6.45) is 3.64. The Morgan fingerprint density at radius 1 is 1.25 bits per heavy atom. The molecule has 112 valence electrons. The van der Waals surface area contributed by atoms with Crippen molar-refractivity contribution >= 4 is 21.6 Å². The normalized spacial score (nSPS) is 19.4. The molecule has 0 atom stereocenters.